The fourth-order valence-corrected chi connectivity index (χ4v) is 4.61. The van der Waals surface area contributed by atoms with E-state index >= 15 is 0 Å². The van der Waals surface area contributed by atoms with Crippen molar-refractivity contribution in [3.63, 3.8) is 0 Å². The van der Waals surface area contributed by atoms with Gasteiger partial charge in [0.25, 0.3) is 0 Å². The van der Waals surface area contributed by atoms with Crippen LogP contribution in [0.3, 0.4) is 0 Å². The predicted octanol–water partition coefficient (Wildman–Crippen LogP) is 4.48. The second kappa shape index (κ2) is 7.61. The van der Waals surface area contributed by atoms with Gasteiger partial charge in [-0.1, -0.05) is 53.6 Å². The summed E-state index contributed by atoms with van der Waals surface area (Å²) in [5.41, 5.74) is 5.45. The molecule has 144 valence electrons. The van der Waals surface area contributed by atoms with Crippen LogP contribution in [0.5, 0.6) is 0 Å². The number of methoxy groups -OCH3 is 1. The zero-order valence-corrected chi connectivity index (χ0v) is 16.9. The van der Waals surface area contributed by atoms with Crippen molar-refractivity contribution in [3.05, 3.63) is 73.8 Å². The summed E-state index contributed by atoms with van der Waals surface area (Å²) < 4.78 is 4.77. The lowest BCUT2D eigenvalue weighted by Gasteiger charge is -2.30. The number of nitrogens with zero attached hydrogens (tertiary/aromatic N) is 1. The van der Waals surface area contributed by atoms with Gasteiger partial charge in [-0.15, -0.1) is 0 Å². The molecule has 2 aliphatic rings. The highest BCUT2D eigenvalue weighted by Gasteiger charge is 2.27. The van der Waals surface area contributed by atoms with Crippen molar-refractivity contribution in [2.75, 3.05) is 13.7 Å². The van der Waals surface area contributed by atoms with Crippen molar-refractivity contribution in [2.24, 2.45) is 0 Å². The summed E-state index contributed by atoms with van der Waals surface area (Å²) in [5.74, 6) is -0.483. The Morgan fingerprint density at radius 2 is 2.00 bits per heavy atom. The van der Waals surface area contributed by atoms with E-state index in [4.69, 9.17) is 27.9 Å². The zero-order valence-electron chi connectivity index (χ0n) is 15.4. The third-order valence-electron chi connectivity index (χ3n) is 5.34. The zero-order chi connectivity index (χ0) is 19.8. The van der Waals surface area contributed by atoms with E-state index in [0.29, 0.717) is 31.0 Å². The van der Waals surface area contributed by atoms with Crippen molar-refractivity contribution < 1.29 is 14.3 Å². The van der Waals surface area contributed by atoms with Gasteiger partial charge in [-0.3, -0.25) is 4.79 Å². The van der Waals surface area contributed by atoms with Crippen LogP contribution in [0.25, 0.3) is 6.08 Å². The van der Waals surface area contributed by atoms with E-state index in [0.717, 1.165) is 23.1 Å². The maximum absolute atomic E-state index is 12.8. The molecule has 0 spiro atoms. The summed E-state index contributed by atoms with van der Waals surface area (Å²) >= 11 is 12.7. The van der Waals surface area contributed by atoms with Gasteiger partial charge in [0.2, 0.25) is 5.91 Å². The first-order valence-corrected chi connectivity index (χ1v) is 9.87. The van der Waals surface area contributed by atoms with Crippen LogP contribution in [-0.4, -0.2) is 30.4 Å². The van der Waals surface area contributed by atoms with E-state index in [2.05, 4.69) is 24.3 Å². The summed E-state index contributed by atoms with van der Waals surface area (Å²) in [5, 5.41) is 0.573. The number of carbonyl (C=O) groups excluding carboxylic acids is 2. The molecule has 28 heavy (non-hydrogen) atoms. The molecule has 2 aromatic carbocycles. The Morgan fingerprint density at radius 1 is 1.18 bits per heavy atom. The molecule has 1 amide bonds. The lowest BCUT2D eigenvalue weighted by Crippen LogP contribution is -2.37. The first-order chi connectivity index (χ1) is 13.5. The number of amides is 1. The van der Waals surface area contributed by atoms with E-state index in [1.54, 1.807) is 6.07 Å². The number of ether oxygens (including phenoxy) is 1. The molecule has 0 bridgehead atoms. The van der Waals surface area contributed by atoms with Crippen molar-refractivity contribution >= 4 is 41.2 Å². The Morgan fingerprint density at radius 3 is 2.79 bits per heavy atom. The number of allylic oxidation sites excluding steroid dienone is 1. The summed E-state index contributed by atoms with van der Waals surface area (Å²) in [4.78, 5) is 26.6. The van der Waals surface area contributed by atoms with E-state index in [9.17, 15) is 9.59 Å². The monoisotopic (exact) mass is 415 g/mol. The van der Waals surface area contributed by atoms with E-state index in [1.165, 1.54) is 18.2 Å². The lowest BCUT2D eigenvalue weighted by atomic mass is 9.96. The molecule has 0 unspecified atom stereocenters. The highest BCUT2D eigenvalue weighted by molar-refractivity contribution is 6.40. The molecule has 1 heterocycles. The van der Waals surface area contributed by atoms with Gasteiger partial charge in [0.15, 0.2) is 0 Å². The van der Waals surface area contributed by atoms with Crippen LogP contribution in [0.4, 0.5) is 0 Å². The van der Waals surface area contributed by atoms with Crippen LogP contribution < -0.4 is 0 Å². The number of hydrogen-bond donors (Lipinski definition) is 0. The Hall–Kier alpha value is -2.30. The Kier molecular flexibility index (Phi) is 5.17. The van der Waals surface area contributed by atoms with Gasteiger partial charge in [-0.25, -0.2) is 4.79 Å². The minimum atomic E-state index is -0.553. The number of fused-ring (bicyclic) bond motifs is 2. The largest absolute Gasteiger partial charge is 0.465 e. The Bertz CT molecular complexity index is 1010. The third-order valence-corrected chi connectivity index (χ3v) is 6.06. The topological polar surface area (TPSA) is 46.6 Å². The molecular weight excluding hydrogens is 397 g/mol. The summed E-state index contributed by atoms with van der Waals surface area (Å²) in [6.45, 7) is 0.988. The standard InChI is InChI=1S/C22H19Cl2NO3/c1-28-22(27)20-18(23)11-16-12-25(8-7-17(16)21(20)24)19(26)10-13-5-6-14-3-2-4-15(14)9-13/h2-3,5-6,9,11H,4,7-8,10,12H2,1H3. The van der Waals surface area contributed by atoms with E-state index in [1.807, 2.05) is 11.0 Å². The molecule has 4 rings (SSSR count). The quantitative estimate of drug-likeness (QED) is 0.694. The average Bonchev–Trinajstić information content (AvgIpc) is 3.15. The van der Waals surface area contributed by atoms with Crippen molar-refractivity contribution in [1.29, 1.82) is 0 Å². The fourth-order valence-electron chi connectivity index (χ4n) is 3.86. The van der Waals surface area contributed by atoms with Crippen LogP contribution in [0.2, 0.25) is 10.0 Å². The van der Waals surface area contributed by atoms with Gasteiger partial charge in [0, 0.05) is 13.1 Å². The highest BCUT2D eigenvalue weighted by Crippen LogP contribution is 2.35. The summed E-state index contributed by atoms with van der Waals surface area (Å²) in [6.07, 6.45) is 6.11. The second-order valence-corrected chi connectivity index (χ2v) is 7.84. The minimum Gasteiger partial charge on any atom is -0.465 e. The number of halogens is 2. The van der Waals surface area contributed by atoms with Gasteiger partial charge in [-0.05, 0) is 46.7 Å². The normalized spacial score (nSPS) is 14.6. The number of rotatable bonds is 3. The lowest BCUT2D eigenvalue weighted by molar-refractivity contribution is -0.131. The first-order valence-electron chi connectivity index (χ1n) is 9.12. The predicted molar refractivity (Wildman–Crippen MR) is 110 cm³/mol. The van der Waals surface area contributed by atoms with Crippen molar-refractivity contribution in [1.82, 2.24) is 4.90 Å². The molecule has 0 atom stereocenters. The summed E-state index contributed by atoms with van der Waals surface area (Å²) in [7, 11) is 1.30. The Labute approximate surface area is 173 Å². The van der Waals surface area contributed by atoms with Gasteiger partial charge in [0.05, 0.1) is 29.1 Å². The van der Waals surface area contributed by atoms with Gasteiger partial charge >= 0.3 is 5.97 Å². The number of benzene rings is 2. The number of carbonyl (C=O) groups is 2. The Balaban J connectivity index is 1.52. The number of hydrogen-bond acceptors (Lipinski definition) is 3. The molecule has 0 fully saturated rings. The summed E-state index contributed by atoms with van der Waals surface area (Å²) in [6, 6.07) is 7.92. The van der Waals surface area contributed by atoms with Gasteiger partial charge < -0.3 is 9.64 Å². The van der Waals surface area contributed by atoms with E-state index < -0.39 is 5.97 Å². The molecule has 0 saturated heterocycles. The molecular formula is C22H19Cl2NO3. The van der Waals surface area contributed by atoms with Crippen LogP contribution >= 0.6 is 23.2 Å². The van der Waals surface area contributed by atoms with Crippen LogP contribution in [-0.2, 0) is 35.3 Å². The molecule has 0 radical (unpaired) electrons. The molecule has 4 nitrogen and oxygen atoms in total. The molecule has 1 aliphatic carbocycles. The minimum absolute atomic E-state index is 0.0702. The first kappa shape index (κ1) is 19.0. The molecule has 0 saturated carbocycles. The molecule has 1 aliphatic heterocycles. The van der Waals surface area contributed by atoms with Crippen LogP contribution in [0.1, 0.15) is 38.2 Å². The second-order valence-electron chi connectivity index (χ2n) is 7.06. The van der Waals surface area contributed by atoms with Gasteiger partial charge in [-0.2, -0.15) is 0 Å². The van der Waals surface area contributed by atoms with E-state index in [-0.39, 0.29) is 16.5 Å². The maximum atomic E-state index is 12.8. The van der Waals surface area contributed by atoms with Crippen LogP contribution in [0.15, 0.2) is 30.3 Å². The molecule has 0 aromatic heterocycles. The fraction of sp³-hybridized carbons (Fsp3) is 0.273. The van der Waals surface area contributed by atoms with Crippen molar-refractivity contribution in [2.45, 2.75) is 25.8 Å². The molecule has 0 N–H and O–H groups in total. The van der Waals surface area contributed by atoms with Crippen molar-refractivity contribution in [3.8, 4) is 0 Å². The average molecular weight is 416 g/mol. The molecule has 2 aromatic rings. The molecule has 6 heteroatoms. The smallest absolute Gasteiger partial charge is 0.340 e. The number of esters is 1. The van der Waals surface area contributed by atoms with Crippen LogP contribution in [0, 0.1) is 0 Å². The maximum Gasteiger partial charge on any atom is 0.340 e. The highest BCUT2D eigenvalue weighted by atomic mass is 35.5. The third kappa shape index (κ3) is 3.43. The van der Waals surface area contributed by atoms with Gasteiger partial charge in [0.1, 0.15) is 0 Å². The SMILES string of the molecule is COC(=O)c1c(Cl)cc2c(c1Cl)CCN(C(=O)Cc1ccc3c(c1)CC=C3)C2.